The van der Waals surface area contributed by atoms with Crippen molar-refractivity contribution in [3.8, 4) is 0 Å². The van der Waals surface area contributed by atoms with Crippen LogP contribution in [0.1, 0.15) is 17.0 Å². The Morgan fingerprint density at radius 1 is 1.25 bits per heavy atom. The lowest BCUT2D eigenvalue weighted by Gasteiger charge is -2.13. The van der Waals surface area contributed by atoms with Gasteiger partial charge in [0, 0.05) is 19.5 Å². The molecule has 0 aliphatic rings. The number of hydrogen-bond acceptors (Lipinski definition) is 3. The summed E-state index contributed by atoms with van der Waals surface area (Å²) in [5.74, 6) is -0.254. The standard InChI is InChI=1S/C12H12F4N4/c13-9-2-1-8(10(5-9)12(14,15)16)6-17-4-3-11-18-7-19-20-11/h1-2,5,7,17H,3-4,6H2,(H,18,19,20). The molecule has 0 fully saturated rings. The van der Waals surface area contributed by atoms with Crippen LogP contribution in [-0.4, -0.2) is 21.7 Å². The molecule has 108 valence electrons. The molecule has 0 bridgehead atoms. The number of benzene rings is 1. The average molecular weight is 288 g/mol. The number of halogens is 4. The van der Waals surface area contributed by atoms with Gasteiger partial charge >= 0.3 is 6.18 Å². The number of nitrogens with zero attached hydrogens (tertiary/aromatic N) is 2. The molecular formula is C12H12F4N4. The van der Waals surface area contributed by atoms with E-state index in [0.717, 1.165) is 12.1 Å². The van der Waals surface area contributed by atoms with E-state index in [2.05, 4.69) is 20.5 Å². The smallest absolute Gasteiger partial charge is 0.312 e. The molecule has 0 atom stereocenters. The zero-order valence-corrected chi connectivity index (χ0v) is 10.3. The second kappa shape index (κ2) is 6.00. The summed E-state index contributed by atoms with van der Waals surface area (Å²) in [6.45, 7) is 0.438. The molecule has 0 amide bonds. The highest BCUT2D eigenvalue weighted by atomic mass is 19.4. The summed E-state index contributed by atoms with van der Waals surface area (Å²) in [5.41, 5.74) is -0.943. The fraction of sp³-hybridized carbons (Fsp3) is 0.333. The van der Waals surface area contributed by atoms with Gasteiger partial charge in [0.15, 0.2) is 0 Å². The Bertz CT molecular complexity index is 551. The van der Waals surface area contributed by atoms with Crippen molar-refractivity contribution < 1.29 is 17.6 Å². The van der Waals surface area contributed by atoms with Gasteiger partial charge in [-0.3, -0.25) is 5.10 Å². The fourth-order valence-electron chi connectivity index (χ4n) is 1.75. The Labute approximate surface area is 112 Å². The highest BCUT2D eigenvalue weighted by Gasteiger charge is 2.33. The molecule has 4 nitrogen and oxygen atoms in total. The Balaban J connectivity index is 1.95. The molecule has 2 aromatic rings. The number of aromatic amines is 1. The van der Waals surface area contributed by atoms with Crippen molar-refractivity contribution in [2.45, 2.75) is 19.1 Å². The zero-order chi connectivity index (χ0) is 14.6. The SMILES string of the molecule is Fc1ccc(CNCCc2ncn[nH]2)c(C(F)(F)F)c1. The van der Waals surface area contributed by atoms with Crippen molar-refractivity contribution in [3.63, 3.8) is 0 Å². The summed E-state index contributed by atoms with van der Waals surface area (Å²) in [7, 11) is 0. The summed E-state index contributed by atoms with van der Waals surface area (Å²) < 4.78 is 51.1. The molecule has 0 aliphatic carbocycles. The molecule has 0 radical (unpaired) electrons. The van der Waals surface area contributed by atoms with Crippen LogP contribution >= 0.6 is 0 Å². The third kappa shape index (κ3) is 3.77. The maximum atomic E-state index is 12.9. The van der Waals surface area contributed by atoms with Crippen molar-refractivity contribution >= 4 is 0 Å². The summed E-state index contributed by atoms with van der Waals surface area (Å²) in [6.07, 6.45) is -2.69. The van der Waals surface area contributed by atoms with Gasteiger partial charge < -0.3 is 5.32 Å². The van der Waals surface area contributed by atoms with Gasteiger partial charge in [-0.25, -0.2) is 9.37 Å². The van der Waals surface area contributed by atoms with Crippen LogP contribution in [0.3, 0.4) is 0 Å². The average Bonchev–Trinajstić information content (AvgIpc) is 2.88. The van der Waals surface area contributed by atoms with Crippen LogP contribution in [0.2, 0.25) is 0 Å². The Hall–Kier alpha value is -1.96. The third-order valence-corrected chi connectivity index (χ3v) is 2.70. The first kappa shape index (κ1) is 14.4. The molecule has 0 saturated carbocycles. The fourth-order valence-corrected chi connectivity index (χ4v) is 1.75. The van der Waals surface area contributed by atoms with E-state index in [1.54, 1.807) is 0 Å². The quantitative estimate of drug-likeness (QED) is 0.655. The molecule has 0 saturated heterocycles. The molecule has 2 rings (SSSR count). The van der Waals surface area contributed by atoms with Crippen molar-refractivity contribution in [1.29, 1.82) is 0 Å². The van der Waals surface area contributed by atoms with E-state index in [1.165, 1.54) is 6.33 Å². The number of alkyl halides is 3. The second-order valence-corrected chi connectivity index (χ2v) is 4.16. The van der Waals surface area contributed by atoms with Gasteiger partial charge in [-0.2, -0.15) is 18.3 Å². The van der Waals surface area contributed by atoms with Crippen molar-refractivity contribution in [1.82, 2.24) is 20.5 Å². The second-order valence-electron chi connectivity index (χ2n) is 4.16. The highest BCUT2D eigenvalue weighted by Crippen LogP contribution is 2.32. The molecule has 8 heteroatoms. The molecule has 1 aromatic heterocycles. The van der Waals surface area contributed by atoms with Crippen LogP contribution in [0.25, 0.3) is 0 Å². The minimum atomic E-state index is -4.57. The molecule has 1 aromatic carbocycles. The predicted octanol–water partition coefficient (Wildman–Crippen LogP) is 2.29. The third-order valence-electron chi connectivity index (χ3n) is 2.70. The number of hydrogen-bond donors (Lipinski definition) is 2. The maximum Gasteiger partial charge on any atom is 0.416 e. The maximum absolute atomic E-state index is 12.9. The van der Waals surface area contributed by atoms with Gasteiger partial charge in [0.05, 0.1) is 5.56 Å². The van der Waals surface area contributed by atoms with Crippen molar-refractivity contribution in [2.75, 3.05) is 6.54 Å². The lowest BCUT2D eigenvalue weighted by Crippen LogP contribution is -2.20. The Morgan fingerprint density at radius 3 is 2.70 bits per heavy atom. The molecular weight excluding hydrogens is 276 g/mol. The van der Waals surface area contributed by atoms with E-state index in [-0.39, 0.29) is 12.1 Å². The van der Waals surface area contributed by atoms with E-state index >= 15 is 0 Å². The summed E-state index contributed by atoms with van der Waals surface area (Å²) in [6, 6.07) is 2.66. The molecule has 20 heavy (non-hydrogen) atoms. The van der Waals surface area contributed by atoms with Crippen LogP contribution in [-0.2, 0) is 19.1 Å². The first-order valence-corrected chi connectivity index (χ1v) is 5.87. The monoisotopic (exact) mass is 288 g/mol. The van der Waals surface area contributed by atoms with Gasteiger partial charge in [0.1, 0.15) is 18.0 Å². The van der Waals surface area contributed by atoms with E-state index in [9.17, 15) is 17.6 Å². The topological polar surface area (TPSA) is 53.6 Å². The molecule has 0 aliphatic heterocycles. The summed E-state index contributed by atoms with van der Waals surface area (Å²) >= 11 is 0. The van der Waals surface area contributed by atoms with Gasteiger partial charge in [-0.15, -0.1) is 0 Å². The first-order chi connectivity index (χ1) is 9.47. The Morgan fingerprint density at radius 2 is 2.05 bits per heavy atom. The van der Waals surface area contributed by atoms with Gasteiger partial charge in [-0.1, -0.05) is 6.07 Å². The number of rotatable bonds is 5. The van der Waals surface area contributed by atoms with Crippen LogP contribution < -0.4 is 5.32 Å². The summed E-state index contributed by atoms with van der Waals surface area (Å²) in [4.78, 5) is 3.89. The molecule has 0 unspecified atom stereocenters. The van der Waals surface area contributed by atoms with Crippen molar-refractivity contribution in [3.05, 3.63) is 47.3 Å². The number of nitrogens with one attached hydrogen (secondary N) is 2. The largest absolute Gasteiger partial charge is 0.416 e. The molecule has 1 heterocycles. The number of H-pyrrole nitrogens is 1. The van der Waals surface area contributed by atoms with E-state index in [1.807, 2.05) is 0 Å². The van der Waals surface area contributed by atoms with Crippen molar-refractivity contribution in [2.24, 2.45) is 0 Å². The molecule has 2 N–H and O–H groups in total. The molecule has 0 spiro atoms. The summed E-state index contributed by atoms with van der Waals surface area (Å²) in [5, 5.41) is 9.17. The predicted molar refractivity (Wildman–Crippen MR) is 63.2 cm³/mol. The van der Waals surface area contributed by atoms with Crippen LogP contribution in [0.4, 0.5) is 17.6 Å². The van der Waals surface area contributed by atoms with Gasteiger partial charge in [0.25, 0.3) is 0 Å². The van der Waals surface area contributed by atoms with E-state index < -0.39 is 17.6 Å². The minimum Gasteiger partial charge on any atom is -0.312 e. The first-order valence-electron chi connectivity index (χ1n) is 5.87. The van der Waals surface area contributed by atoms with Crippen LogP contribution in [0.5, 0.6) is 0 Å². The van der Waals surface area contributed by atoms with Gasteiger partial charge in [-0.05, 0) is 17.7 Å². The lowest BCUT2D eigenvalue weighted by molar-refractivity contribution is -0.138. The Kier molecular flexibility index (Phi) is 4.33. The van der Waals surface area contributed by atoms with E-state index in [4.69, 9.17) is 0 Å². The lowest BCUT2D eigenvalue weighted by atomic mass is 10.1. The zero-order valence-electron chi connectivity index (χ0n) is 10.3. The minimum absolute atomic E-state index is 0.00323. The normalized spacial score (nSPS) is 11.8. The van der Waals surface area contributed by atoms with Crippen LogP contribution in [0.15, 0.2) is 24.5 Å². The van der Waals surface area contributed by atoms with E-state index in [0.29, 0.717) is 24.9 Å². The van der Waals surface area contributed by atoms with Gasteiger partial charge in [0.2, 0.25) is 0 Å². The highest BCUT2D eigenvalue weighted by molar-refractivity contribution is 5.30. The number of aromatic nitrogens is 3. The van der Waals surface area contributed by atoms with Crippen LogP contribution in [0, 0.1) is 5.82 Å².